The van der Waals surface area contributed by atoms with Crippen molar-refractivity contribution in [2.24, 2.45) is 16.5 Å². The molecule has 0 spiro atoms. The Morgan fingerprint density at radius 1 is 1.10 bits per heavy atom. The summed E-state index contributed by atoms with van der Waals surface area (Å²) in [7, 11) is -3.91. The van der Waals surface area contributed by atoms with Crippen LogP contribution in [0.15, 0.2) is 52.4 Å². The van der Waals surface area contributed by atoms with Gasteiger partial charge in [-0.3, -0.25) is 9.79 Å². The number of sulfonamides is 1. The zero-order valence-corrected chi connectivity index (χ0v) is 17.4. The fourth-order valence-electron chi connectivity index (χ4n) is 2.94. The maximum absolute atomic E-state index is 13.1. The van der Waals surface area contributed by atoms with Gasteiger partial charge in [-0.1, -0.05) is 49.7 Å². The predicted octanol–water partition coefficient (Wildman–Crippen LogP) is 1.46. The molecule has 0 radical (unpaired) electrons. The zero-order chi connectivity index (χ0) is 21.3. The topological polar surface area (TPSA) is 140 Å². The summed E-state index contributed by atoms with van der Waals surface area (Å²) in [6.07, 6.45) is 2.49. The summed E-state index contributed by atoms with van der Waals surface area (Å²) in [5.74, 6) is -0.391. The maximum Gasteiger partial charge on any atom is 0.241 e. The maximum atomic E-state index is 13.1. The molecule has 0 aliphatic heterocycles. The number of carbonyl (C=O) groups excluding carboxylic acids is 1. The average molecular weight is 420 g/mol. The summed E-state index contributed by atoms with van der Waals surface area (Å²) in [4.78, 5) is 16.6. The molecule has 0 fully saturated rings. The number of fused-ring (bicyclic) bond motifs is 1. The minimum atomic E-state index is -3.91. The third-order valence-corrected chi connectivity index (χ3v) is 5.96. The smallest absolute Gasteiger partial charge is 0.241 e. The number of aliphatic imine (C=N–C) groups is 1. The molecule has 2 rings (SSSR count). The van der Waals surface area contributed by atoms with Crippen LogP contribution in [0.5, 0.6) is 0 Å². The number of nitrogens with one attached hydrogen (secondary N) is 2. The molecule has 1 atom stereocenters. The van der Waals surface area contributed by atoms with Crippen LogP contribution in [0.2, 0.25) is 0 Å². The molecule has 0 heterocycles. The lowest BCUT2D eigenvalue weighted by Crippen LogP contribution is -2.47. The van der Waals surface area contributed by atoms with E-state index in [0.717, 1.165) is 18.2 Å². The van der Waals surface area contributed by atoms with Crippen molar-refractivity contribution in [2.45, 2.75) is 43.5 Å². The quantitative estimate of drug-likeness (QED) is 0.248. The fraction of sp³-hybridized carbons (Fsp3) is 0.400. The van der Waals surface area contributed by atoms with Gasteiger partial charge < -0.3 is 16.8 Å². The second-order valence-corrected chi connectivity index (χ2v) is 8.43. The Morgan fingerprint density at radius 2 is 1.83 bits per heavy atom. The van der Waals surface area contributed by atoms with Crippen LogP contribution < -0.4 is 21.5 Å². The predicted molar refractivity (Wildman–Crippen MR) is 116 cm³/mol. The van der Waals surface area contributed by atoms with E-state index in [2.05, 4.69) is 15.0 Å². The Hall–Kier alpha value is -2.65. The number of benzene rings is 2. The monoisotopic (exact) mass is 419 g/mol. The lowest BCUT2D eigenvalue weighted by atomic mass is 10.1. The highest BCUT2D eigenvalue weighted by molar-refractivity contribution is 7.89. The van der Waals surface area contributed by atoms with E-state index in [1.807, 2.05) is 25.1 Å². The van der Waals surface area contributed by atoms with Gasteiger partial charge in [0.25, 0.3) is 0 Å². The lowest BCUT2D eigenvalue weighted by molar-refractivity contribution is -0.122. The Bertz CT molecular complexity index is 950. The molecule has 8 nitrogen and oxygen atoms in total. The average Bonchev–Trinajstić information content (AvgIpc) is 2.69. The molecule has 0 aliphatic rings. The van der Waals surface area contributed by atoms with E-state index in [0.29, 0.717) is 24.9 Å². The van der Waals surface area contributed by atoms with Crippen molar-refractivity contribution in [1.82, 2.24) is 10.0 Å². The van der Waals surface area contributed by atoms with Crippen LogP contribution in [0.4, 0.5) is 0 Å². The molecule has 0 unspecified atom stereocenters. The Labute approximate surface area is 171 Å². The Balaban J connectivity index is 2.22. The van der Waals surface area contributed by atoms with E-state index < -0.39 is 16.1 Å². The van der Waals surface area contributed by atoms with Crippen LogP contribution in [0.3, 0.4) is 0 Å². The van der Waals surface area contributed by atoms with Crippen molar-refractivity contribution in [2.75, 3.05) is 13.1 Å². The second-order valence-electron chi connectivity index (χ2n) is 6.74. The standard InChI is InChI=1S/C20H29N5O3S/c1-2-3-13-23-19(26)17(11-7-14-24-20(21)22)25-29(27,28)18-12-6-9-15-8-4-5-10-16(15)18/h4-6,8-10,12,17,25H,2-3,7,11,13-14H2,1H3,(H,23,26)(H4,21,22,24)/t17-/m0/s1. The first kappa shape index (κ1) is 22.6. The van der Waals surface area contributed by atoms with E-state index in [9.17, 15) is 13.2 Å². The molecular weight excluding hydrogens is 390 g/mol. The van der Waals surface area contributed by atoms with Crippen LogP contribution in [-0.4, -0.2) is 39.4 Å². The number of nitrogens with zero attached hydrogens (tertiary/aromatic N) is 1. The van der Waals surface area contributed by atoms with Gasteiger partial charge in [-0.25, -0.2) is 8.42 Å². The summed E-state index contributed by atoms with van der Waals surface area (Å²) in [5, 5.41) is 4.21. The van der Waals surface area contributed by atoms with Crippen molar-refractivity contribution in [3.8, 4) is 0 Å². The SMILES string of the molecule is CCCCNC(=O)[C@H](CCCN=C(N)N)NS(=O)(=O)c1cccc2ccccc12. The van der Waals surface area contributed by atoms with E-state index in [-0.39, 0.29) is 23.2 Å². The molecule has 0 aromatic heterocycles. The molecule has 6 N–H and O–H groups in total. The second kappa shape index (κ2) is 10.8. The molecule has 29 heavy (non-hydrogen) atoms. The van der Waals surface area contributed by atoms with Gasteiger partial charge in [0.1, 0.15) is 6.04 Å². The van der Waals surface area contributed by atoms with Crippen molar-refractivity contribution in [3.05, 3.63) is 42.5 Å². The van der Waals surface area contributed by atoms with E-state index in [4.69, 9.17) is 11.5 Å². The molecule has 0 bridgehead atoms. The van der Waals surface area contributed by atoms with E-state index >= 15 is 0 Å². The number of guanidine groups is 1. The molecule has 0 aliphatic carbocycles. The first-order chi connectivity index (χ1) is 13.8. The largest absolute Gasteiger partial charge is 0.370 e. The summed E-state index contributed by atoms with van der Waals surface area (Å²) < 4.78 is 28.7. The summed E-state index contributed by atoms with van der Waals surface area (Å²) in [6, 6.07) is 11.4. The highest BCUT2D eigenvalue weighted by Gasteiger charge is 2.26. The zero-order valence-electron chi connectivity index (χ0n) is 16.6. The molecule has 158 valence electrons. The number of rotatable bonds is 11. The first-order valence-corrected chi connectivity index (χ1v) is 11.2. The van der Waals surface area contributed by atoms with Gasteiger partial charge in [-0.05, 0) is 30.7 Å². The van der Waals surface area contributed by atoms with Crippen LogP contribution in [0.1, 0.15) is 32.6 Å². The first-order valence-electron chi connectivity index (χ1n) is 9.68. The number of carbonyl (C=O) groups is 1. The lowest BCUT2D eigenvalue weighted by Gasteiger charge is -2.19. The van der Waals surface area contributed by atoms with Crippen LogP contribution in [-0.2, 0) is 14.8 Å². The van der Waals surface area contributed by atoms with Crippen LogP contribution in [0.25, 0.3) is 10.8 Å². The number of hydrogen-bond donors (Lipinski definition) is 4. The highest BCUT2D eigenvalue weighted by Crippen LogP contribution is 2.23. The molecule has 0 saturated carbocycles. The minimum Gasteiger partial charge on any atom is -0.370 e. The number of hydrogen-bond acceptors (Lipinski definition) is 4. The molecule has 2 aromatic rings. The normalized spacial score (nSPS) is 12.4. The van der Waals surface area contributed by atoms with Gasteiger partial charge in [0.2, 0.25) is 15.9 Å². The Morgan fingerprint density at radius 3 is 2.55 bits per heavy atom. The summed E-state index contributed by atoms with van der Waals surface area (Å²) in [5.41, 5.74) is 10.6. The molecule has 9 heteroatoms. The Kier molecular flexibility index (Phi) is 8.41. The van der Waals surface area contributed by atoms with Crippen molar-refractivity contribution in [3.63, 3.8) is 0 Å². The van der Waals surface area contributed by atoms with Crippen LogP contribution in [0, 0.1) is 0 Å². The van der Waals surface area contributed by atoms with Crippen molar-refractivity contribution < 1.29 is 13.2 Å². The summed E-state index contributed by atoms with van der Waals surface area (Å²) >= 11 is 0. The van der Waals surface area contributed by atoms with Crippen molar-refractivity contribution >= 4 is 32.7 Å². The van der Waals surface area contributed by atoms with Gasteiger partial charge in [0, 0.05) is 18.5 Å². The molecule has 0 saturated heterocycles. The van der Waals surface area contributed by atoms with Gasteiger partial charge in [-0.2, -0.15) is 4.72 Å². The van der Waals surface area contributed by atoms with Gasteiger partial charge in [0.05, 0.1) is 4.90 Å². The van der Waals surface area contributed by atoms with Gasteiger partial charge in [-0.15, -0.1) is 0 Å². The third-order valence-electron chi connectivity index (χ3n) is 4.43. The van der Waals surface area contributed by atoms with E-state index in [1.165, 1.54) is 6.07 Å². The number of unbranched alkanes of at least 4 members (excludes halogenated alkanes) is 1. The molecule has 1 amide bonds. The fourth-order valence-corrected chi connectivity index (χ4v) is 4.40. The van der Waals surface area contributed by atoms with Gasteiger partial charge >= 0.3 is 0 Å². The highest BCUT2D eigenvalue weighted by atomic mass is 32.2. The van der Waals surface area contributed by atoms with E-state index in [1.54, 1.807) is 18.2 Å². The minimum absolute atomic E-state index is 0.0368. The molecular formula is C20H29N5O3S. The van der Waals surface area contributed by atoms with Gasteiger partial charge in [0.15, 0.2) is 5.96 Å². The number of amides is 1. The van der Waals surface area contributed by atoms with Crippen molar-refractivity contribution in [1.29, 1.82) is 0 Å². The third kappa shape index (κ3) is 6.72. The summed E-state index contributed by atoms with van der Waals surface area (Å²) in [6.45, 7) is 2.83. The number of nitrogens with two attached hydrogens (primary N) is 2. The van der Waals surface area contributed by atoms with Crippen LogP contribution >= 0.6 is 0 Å². The molecule has 2 aromatic carbocycles.